The first-order valence-corrected chi connectivity index (χ1v) is 9.17. The van der Waals surface area contributed by atoms with E-state index < -0.39 is 0 Å². The van der Waals surface area contributed by atoms with Gasteiger partial charge in [-0.3, -0.25) is 4.79 Å². The van der Waals surface area contributed by atoms with Crippen molar-refractivity contribution in [1.29, 1.82) is 0 Å². The molecular weight excluding hydrogens is 278 g/mol. The normalized spacial score (nSPS) is 17.7. The molecule has 2 rings (SSSR count). The first kappa shape index (κ1) is 16.4. The number of thioether (sulfide) groups is 1. The second-order valence-electron chi connectivity index (χ2n) is 6.04. The Bertz CT molecular complexity index is 426. The molecule has 21 heavy (non-hydrogen) atoms. The van der Waals surface area contributed by atoms with Crippen molar-refractivity contribution in [3.63, 3.8) is 0 Å². The minimum absolute atomic E-state index is 0.332. The van der Waals surface area contributed by atoms with Gasteiger partial charge in [0.2, 0.25) is 5.91 Å². The second-order valence-corrected chi connectivity index (χ2v) is 7.47. The van der Waals surface area contributed by atoms with Gasteiger partial charge in [-0.25, -0.2) is 0 Å². The van der Waals surface area contributed by atoms with Crippen molar-refractivity contribution < 1.29 is 4.79 Å². The predicted octanol–water partition coefficient (Wildman–Crippen LogP) is 4.00. The summed E-state index contributed by atoms with van der Waals surface area (Å²) in [5.74, 6) is 1.72. The highest BCUT2D eigenvalue weighted by Crippen LogP contribution is 2.23. The van der Waals surface area contributed by atoms with E-state index in [2.05, 4.69) is 49.1 Å². The minimum Gasteiger partial charge on any atom is -0.342 e. The quantitative estimate of drug-likeness (QED) is 0.792. The van der Waals surface area contributed by atoms with Crippen LogP contribution in [0.3, 0.4) is 0 Å². The molecule has 1 saturated heterocycles. The van der Waals surface area contributed by atoms with Crippen molar-refractivity contribution in [1.82, 2.24) is 4.90 Å². The van der Waals surface area contributed by atoms with E-state index >= 15 is 0 Å². The molecule has 1 heterocycles. The highest BCUT2D eigenvalue weighted by atomic mass is 32.2. The summed E-state index contributed by atoms with van der Waals surface area (Å²) in [5.41, 5.74) is 1.43. The fourth-order valence-electron chi connectivity index (χ4n) is 2.76. The molecule has 0 unspecified atom stereocenters. The van der Waals surface area contributed by atoms with E-state index in [1.807, 2.05) is 0 Å². The van der Waals surface area contributed by atoms with Crippen LogP contribution in [-0.2, 0) is 11.2 Å². The first-order valence-electron chi connectivity index (χ1n) is 8.12. The lowest BCUT2D eigenvalue weighted by atomic mass is 9.90. The average Bonchev–Trinajstić information content (AvgIpc) is 2.54. The fourth-order valence-corrected chi connectivity index (χ4v) is 3.60. The van der Waals surface area contributed by atoms with Crippen LogP contribution >= 0.6 is 11.8 Å². The van der Waals surface area contributed by atoms with E-state index in [0.717, 1.165) is 44.7 Å². The Kier molecular flexibility index (Phi) is 6.62. The van der Waals surface area contributed by atoms with Gasteiger partial charge < -0.3 is 4.90 Å². The van der Waals surface area contributed by atoms with Crippen LogP contribution in [0, 0.1) is 5.92 Å². The number of nitrogens with zero attached hydrogens (tertiary/aromatic N) is 1. The third kappa shape index (κ3) is 5.39. The molecule has 0 saturated carbocycles. The fraction of sp³-hybridized carbons (Fsp3) is 0.611. The van der Waals surface area contributed by atoms with Gasteiger partial charge in [-0.15, -0.1) is 11.8 Å². The molecule has 0 aromatic heterocycles. The van der Waals surface area contributed by atoms with E-state index in [1.54, 1.807) is 11.8 Å². The Hall–Kier alpha value is -0.960. The van der Waals surface area contributed by atoms with Crippen LogP contribution in [0.1, 0.15) is 38.7 Å². The monoisotopic (exact) mass is 305 g/mol. The Morgan fingerprint density at radius 3 is 2.57 bits per heavy atom. The number of rotatable bonds is 6. The molecule has 0 spiro atoms. The standard InChI is InChI=1S/C18H27NOS/c1-3-15(2)21-14-18(20)19-11-9-17(10-12-19)13-16-7-5-4-6-8-16/h4-8,15,17H,3,9-14H2,1-2H3/t15-/m0/s1. The number of amides is 1. The third-order valence-electron chi connectivity index (χ3n) is 4.40. The van der Waals surface area contributed by atoms with Crippen molar-refractivity contribution in [2.24, 2.45) is 5.92 Å². The summed E-state index contributed by atoms with van der Waals surface area (Å²) in [6.07, 6.45) is 4.59. The van der Waals surface area contributed by atoms with Gasteiger partial charge in [-0.05, 0) is 37.2 Å². The maximum Gasteiger partial charge on any atom is 0.232 e. The third-order valence-corrected chi connectivity index (χ3v) is 5.72. The molecule has 1 aliphatic heterocycles. The first-order chi connectivity index (χ1) is 10.2. The summed E-state index contributed by atoms with van der Waals surface area (Å²) in [6, 6.07) is 10.7. The van der Waals surface area contributed by atoms with Crippen LogP contribution in [0.4, 0.5) is 0 Å². The lowest BCUT2D eigenvalue weighted by molar-refractivity contribution is -0.129. The number of benzene rings is 1. The zero-order chi connectivity index (χ0) is 15.1. The van der Waals surface area contributed by atoms with Crippen molar-refractivity contribution >= 4 is 17.7 Å². The second kappa shape index (κ2) is 8.47. The van der Waals surface area contributed by atoms with Crippen LogP contribution in [-0.4, -0.2) is 34.9 Å². The molecule has 1 aliphatic rings. The molecule has 0 N–H and O–H groups in total. The predicted molar refractivity (Wildman–Crippen MR) is 91.7 cm³/mol. The molecule has 2 nitrogen and oxygen atoms in total. The summed E-state index contributed by atoms with van der Waals surface area (Å²) in [5, 5.41) is 0.588. The Morgan fingerprint density at radius 2 is 1.95 bits per heavy atom. The molecular formula is C18H27NOS. The maximum absolute atomic E-state index is 12.2. The van der Waals surface area contributed by atoms with Crippen LogP contribution in [0.15, 0.2) is 30.3 Å². The number of likely N-dealkylation sites (tertiary alicyclic amines) is 1. The van der Waals surface area contributed by atoms with Crippen LogP contribution in [0.25, 0.3) is 0 Å². The van der Waals surface area contributed by atoms with Crippen molar-refractivity contribution in [2.45, 2.75) is 44.8 Å². The van der Waals surface area contributed by atoms with Gasteiger partial charge in [0.05, 0.1) is 5.75 Å². The summed E-state index contributed by atoms with van der Waals surface area (Å²) >= 11 is 1.79. The Balaban J connectivity index is 1.71. The van der Waals surface area contributed by atoms with Crippen LogP contribution in [0.5, 0.6) is 0 Å². The average molecular weight is 305 g/mol. The Labute approximate surface area is 133 Å². The van der Waals surface area contributed by atoms with Crippen LogP contribution < -0.4 is 0 Å². The lowest BCUT2D eigenvalue weighted by Gasteiger charge is -2.32. The number of hydrogen-bond donors (Lipinski definition) is 0. The van der Waals surface area contributed by atoms with Gasteiger partial charge in [0.25, 0.3) is 0 Å². The number of carbonyl (C=O) groups excluding carboxylic acids is 1. The van der Waals surface area contributed by atoms with Gasteiger partial charge in [-0.2, -0.15) is 0 Å². The van der Waals surface area contributed by atoms with Gasteiger partial charge in [0.15, 0.2) is 0 Å². The summed E-state index contributed by atoms with van der Waals surface area (Å²) in [4.78, 5) is 14.3. The zero-order valence-electron chi connectivity index (χ0n) is 13.3. The maximum atomic E-state index is 12.2. The lowest BCUT2D eigenvalue weighted by Crippen LogP contribution is -2.40. The molecule has 116 valence electrons. The number of carbonyl (C=O) groups is 1. The SMILES string of the molecule is CC[C@H](C)SCC(=O)N1CCC(Cc2ccccc2)CC1. The molecule has 1 aromatic carbocycles. The van der Waals surface area contributed by atoms with Gasteiger partial charge in [0, 0.05) is 18.3 Å². The minimum atomic E-state index is 0.332. The molecule has 0 radical (unpaired) electrons. The zero-order valence-corrected chi connectivity index (χ0v) is 14.1. The van der Waals surface area contributed by atoms with Gasteiger partial charge in [-0.1, -0.05) is 44.2 Å². The topological polar surface area (TPSA) is 20.3 Å². The molecule has 1 aromatic rings. The molecule has 3 heteroatoms. The van der Waals surface area contributed by atoms with Gasteiger partial charge >= 0.3 is 0 Å². The van der Waals surface area contributed by atoms with Gasteiger partial charge in [0.1, 0.15) is 0 Å². The van der Waals surface area contributed by atoms with E-state index in [9.17, 15) is 4.79 Å². The molecule has 1 amide bonds. The van der Waals surface area contributed by atoms with E-state index in [-0.39, 0.29) is 0 Å². The molecule has 1 atom stereocenters. The van der Waals surface area contributed by atoms with Crippen molar-refractivity contribution in [3.05, 3.63) is 35.9 Å². The smallest absolute Gasteiger partial charge is 0.232 e. The summed E-state index contributed by atoms with van der Waals surface area (Å²) < 4.78 is 0. The highest BCUT2D eigenvalue weighted by Gasteiger charge is 2.23. The number of hydrogen-bond acceptors (Lipinski definition) is 2. The van der Waals surface area contributed by atoms with Crippen molar-refractivity contribution in [2.75, 3.05) is 18.8 Å². The van der Waals surface area contributed by atoms with E-state index in [4.69, 9.17) is 0 Å². The highest BCUT2D eigenvalue weighted by molar-refractivity contribution is 8.00. The number of piperidine rings is 1. The summed E-state index contributed by atoms with van der Waals surface area (Å²) in [6.45, 7) is 6.26. The van der Waals surface area contributed by atoms with E-state index in [0.29, 0.717) is 16.9 Å². The molecule has 0 aliphatic carbocycles. The molecule has 0 bridgehead atoms. The van der Waals surface area contributed by atoms with E-state index in [1.165, 1.54) is 5.56 Å². The molecule has 1 fully saturated rings. The largest absolute Gasteiger partial charge is 0.342 e. The van der Waals surface area contributed by atoms with Crippen molar-refractivity contribution in [3.8, 4) is 0 Å². The Morgan fingerprint density at radius 1 is 1.29 bits per heavy atom. The summed E-state index contributed by atoms with van der Waals surface area (Å²) in [7, 11) is 0. The van der Waals surface area contributed by atoms with Crippen LogP contribution in [0.2, 0.25) is 0 Å².